The van der Waals surface area contributed by atoms with Crippen LogP contribution in [-0.2, 0) is 18.4 Å². The molecule has 5 heteroatoms. The van der Waals surface area contributed by atoms with Crippen molar-refractivity contribution in [3.8, 4) is 11.5 Å². The number of hydrogen-bond donors (Lipinski definition) is 2. The Morgan fingerprint density at radius 1 is 1.13 bits per heavy atom. The first-order valence-corrected chi connectivity index (χ1v) is 11.0. The van der Waals surface area contributed by atoms with Crippen molar-refractivity contribution in [1.82, 2.24) is 4.90 Å². The van der Waals surface area contributed by atoms with Crippen molar-refractivity contribution in [3.05, 3.63) is 59.2 Å². The van der Waals surface area contributed by atoms with E-state index in [1.54, 1.807) is 7.11 Å². The van der Waals surface area contributed by atoms with Crippen molar-refractivity contribution >= 4 is 0 Å². The lowest BCUT2D eigenvalue weighted by atomic mass is 9.49. The highest BCUT2D eigenvalue weighted by Gasteiger charge is 2.65. The molecule has 2 aromatic carbocycles. The maximum absolute atomic E-state index is 12.1. The van der Waals surface area contributed by atoms with Crippen LogP contribution in [0, 0.1) is 0 Å². The standard InChI is InChI=1S/C25H31NO4/c1-26-13-12-24-15-19(27)10-11-25(24,28)21(26)14-18-8-9-20(29-2)23(22(18)24)30-16-17-6-4-3-5-7-17/h3-9,19,21,27-28H,10-16H2,1-2H3/t19-,21-,24-,25-/m1/s1. The summed E-state index contributed by atoms with van der Waals surface area (Å²) in [5, 5.41) is 22.8. The number of fused-ring (bicyclic) bond motifs is 1. The van der Waals surface area contributed by atoms with E-state index in [1.807, 2.05) is 36.4 Å². The summed E-state index contributed by atoms with van der Waals surface area (Å²) >= 11 is 0. The van der Waals surface area contributed by atoms with Gasteiger partial charge in [0.05, 0.1) is 18.8 Å². The Balaban J connectivity index is 1.66. The Labute approximate surface area is 178 Å². The van der Waals surface area contributed by atoms with Crippen molar-refractivity contribution in [3.63, 3.8) is 0 Å². The van der Waals surface area contributed by atoms with Crippen molar-refractivity contribution in [2.75, 3.05) is 20.7 Å². The molecular weight excluding hydrogens is 378 g/mol. The molecule has 1 heterocycles. The maximum atomic E-state index is 12.1. The second-order valence-corrected chi connectivity index (χ2v) is 9.26. The van der Waals surface area contributed by atoms with Gasteiger partial charge >= 0.3 is 0 Å². The van der Waals surface area contributed by atoms with Crippen LogP contribution in [0.15, 0.2) is 42.5 Å². The highest BCUT2D eigenvalue weighted by atomic mass is 16.5. The molecule has 5 rings (SSSR count). The van der Waals surface area contributed by atoms with Crippen molar-refractivity contribution < 1.29 is 19.7 Å². The van der Waals surface area contributed by atoms with Gasteiger partial charge in [0.1, 0.15) is 6.61 Å². The Hall–Kier alpha value is -2.08. The van der Waals surface area contributed by atoms with Crippen LogP contribution < -0.4 is 9.47 Å². The quantitative estimate of drug-likeness (QED) is 0.813. The van der Waals surface area contributed by atoms with Crippen LogP contribution in [-0.4, -0.2) is 53.6 Å². The molecule has 1 saturated heterocycles. The molecule has 1 aliphatic heterocycles. The van der Waals surface area contributed by atoms with Gasteiger partial charge in [-0.15, -0.1) is 0 Å². The third kappa shape index (κ3) is 2.79. The topological polar surface area (TPSA) is 62.2 Å². The fourth-order valence-electron chi connectivity index (χ4n) is 6.31. The van der Waals surface area contributed by atoms with Gasteiger partial charge in [-0.2, -0.15) is 0 Å². The fourth-order valence-corrected chi connectivity index (χ4v) is 6.31. The van der Waals surface area contributed by atoms with Crippen LogP contribution in [0.4, 0.5) is 0 Å². The van der Waals surface area contributed by atoms with E-state index >= 15 is 0 Å². The van der Waals surface area contributed by atoms with Gasteiger partial charge in [-0.1, -0.05) is 36.4 Å². The summed E-state index contributed by atoms with van der Waals surface area (Å²) in [6.45, 7) is 1.34. The Morgan fingerprint density at radius 3 is 2.70 bits per heavy atom. The molecular formula is C25H31NO4. The minimum absolute atomic E-state index is 0.0571. The molecule has 3 aliphatic rings. The second kappa shape index (κ2) is 7.26. The summed E-state index contributed by atoms with van der Waals surface area (Å²) in [6.07, 6.45) is 2.99. The third-order valence-corrected chi connectivity index (χ3v) is 7.79. The van der Waals surface area contributed by atoms with Crippen LogP contribution in [0.25, 0.3) is 0 Å². The summed E-state index contributed by atoms with van der Waals surface area (Å²) in [4.78, 5) is 2.30. The molecule has 2 bridgehead atoms. The number of aliphatic hydroxyl groups excluding tert-OH is 1. The molecule has 2 fully saturated rings. The predicted octanol–water partition coefficient (Wildman–Crippen LogP) is 3.05. The molecule has 1 saturated carbocycles. The van der Waals surface area contributed by atoms with Gasteiger partial charge in [-0.25, -0.2) is 0 Å². The number of aliphatic hydroxyl groups is 2. The van der Waals surface area contributed by atoms with E-state index in [0.717, 1.165) is 36.3 Å². The number of hydrogen-bond acceptors (Lipinski definition) is 5. The summed E-state index contributed by atoms with van der Waals surface area (Å²) in [6, 6.07) is 14.3. The number of nitrogens with zero attached hydrogens (tertiary/aromatic N) is 1. The van der Waals surface area contributed by atoms with Gasteiger partial charge in [0.25, 0.3) is 0 Å². The van der Waals surface area contributed by atoms with E-state index in [4.69, 9.17) is 9.47 Å². The lowest BCUT2D eigenvalue weighted by Gasteiger charge is -2.64. The van der Waals surface area contributed by atoms with Gasteiger partial charge in [-0.3, -0.25) is 0 Å². The molecule has 0 amide bonds. The highest BCUT2D eigenvalue weighted by Crippen LogP contribution is 2.61. The molecule has 2 aliphatic carbocycles. The van der Waals surface area contributed by atoms with Crippen molar-refractivity contribution in [2.45, 2.75) is 61.9 Å². The van der Waals surface area contributed by atoms with E-state index in [2.05, 4.69) is 18.0 Å². The molecule has 160 valence electrons. The average molecular weight is 410 g/mol. The molecule has 2 aromatic rings. The monoisotopic (exact) mass is 409 g/mol. The van der Waals surface area contributed by atoms with E-state index in [-0.39, 0.29) is 6.04 Å². The summed E-state index contributed by atoms with van der Waals surface area (Å²) in [5.41, 5.74) is 1.96. The van der Waals surface area contributed by atoms with Gasteiger partial charge < -0.3 is 24.6 Å². The fraction of sp³-hybridized carbons (Fsp3) is 0.520. The first-order valence-electron chi connectivity index (χ1n) is 11.0. The van der Waals surface area contributed by atoms with E-state index in [9.17, 15) is 10.2 Å². The number of methoxy groups -OCH3 is 1. The number of piperidine rings is 1. The van der Waals surface area contributed by atoms with Gasteiger partial charge in [0.15, 0.2) is 11.5 Å². The van der Waals surface area contributed by atoms with Crippen LogP contribution in [0.2, 0.25) is 0 Å². The normalized spacial score (nSPS) is 32.8. The average Bonchev–Trinajstić information content (AvgIpc) is 2.75. The molecule has 0 unspecified atom stereocenters. The number of likely N-dealkylation sites (tertiary alicyclic amines) is 1. The predicted molar refractivity (Wildman–Crippen MR) is 115 cm³/mol. The van der Waals surface area contributed by atoms with Crippen LogP contribution in [0.3, 0.4) is 0 Å². The van der Waals surface area contributed by atoms with E-state index < -0.39 is 17.1 Å². The molecule has 2 N–H and O–H groups in total. The summed E-state index contributed by atoms with van der Waals surface area (Å²) in [7, 11) is 3.77. The minimum atomic E-state index is -0.872. The maximum Gasteiger partial charge on any atom is 0.165 e. The second-order valence-electron chi connectivity index (χ2n) is 9.26. The Kier molecular flexibility index (Phi) is 4.80. The number of rotatable bonds is 4. The smallest absolute Gasteiger partial charge is 0.165 e. The number of likely N-dealkylation sites (N-methyl/N-ethyl adjacent to an activating group) is 1. The number of ether oxygens (including phenoxy) is 2. The van der Waals surface area contributed by atoms with Crippen molar-refractivity contribution in [1.29, 1.82) is 0 Å². The van der Waals surface area contributed by atoms with Crippen LogP contribution in [0.5, 0.6) is 11.5 Å². The number of benzene rings is 2. The zero-order valence-electron chi connectivity index (χ0n) is 17.8. The van der Waals surface area contributed by atoms with Crippen molar-refractivity contribution in [2.24, 2.45) is 0 Å². The third-order valence-electron chi connectivity index (χ3n) is 7.79. The summed E-state index contributed by atoms with van der Waals surface area (Å²) in [5.74, 6) is 1.42. The molecule has 0 spiro atoms. The lowest BCUT2D eigenvalue weighted by Crippen LogP contribution is -2.73. The summed E-state index contributed by atoms with van der Waals surface area (Å²) < 4.78 is 12.1. The van der Waals surface area contributed by atoms with E-state index in [1.165, 1.54) is 5.56 Å². The largest absolute Gasteiger partial charge is 0.493 e. The first-order chi connectivity index (χ1) is 14.5. The molecule has 4 atom stereocenters. The zero-order valence-corrected chi connectivity index (χ0v) is 17.8. The Bertz CT molecular complexity index is 932. The van der Waals surface area contributed by atoms with Gasteiger partial charge in [0, 0.05) is 17.0 Å². The molecule has 0 aromatic heterocycles. The lowest BCUT2D eigenvalue weighted by molar-refractivity contribution is -0.177. The SMILES string of the molecule is COc1ccc2c(c1OCc1ccccc1)[C@]13CCN(C)[C@H](C2)[C@]1(O)CC[C@@H](O)C3. The zero-order chi connectivity index (χ0) is 20.9. The van der Waals surface area contributed by atoms with E-state index in [0.29, 0.717) is 31.6 Å². The first kappa shape index (κ1) is 19.9. The Morgan fingerprint density at radius 2 is 1.93 bits per heavy atom. The highest BCUT2D eigenvalue weighted by molar-refractivity contribution is 5.59. The van der Waals surface area contributed by atoms with Gasteiger partial charge in [-0.05, 0) is 62.9 Å². The van der Waals surface area contributed by atoms with Crippen LogP contribution >= 0.6 is 0 Å². The molecule has 5 nitrogen and oxygen atoms in total. The molecule has 0 radical (unpaired) electrons. The van der Waals surface area contributed by atoms with Gasteiger partial charge in [0.2, 0.25) is 0 Å². The molecule has 30 heavy (non-hydrogen) atoms. The minimum Gasteiger partial charge on any atom is -0.493 e. The van der Waals surface area contributed by atoms with Crippen LogP contribution in [0.1, 0.15) is 42.4 Å².